The first-order chi connectivity index (χ1) is 14.4. The maximum absolute atomic E-state index is 13.1. The van der Waals surface area contributed by atoms with Crippen molar-refractivity contribution in [1.82, 2.24) is 9.66 Å². The van der Waals surface area contributed by atoms with Crippen molar-refractivity contribution in [1.29, 1.82) is 0 Å². The van der Waals surface area contributed by atoms with Crippen molar-refractivity contribution in [2.24, 2.45) is 5.10 Å². The Hall–Kier alpha value is -1.99. The zero-order valence-electron chi connectivity index (χ0n) is 17.4. The smallest absolute Gasteiger partial charge is 0.282 e. The molecular weight excluding hydrogens is 510 g/mol. The third-order valence-corrected chi connectivity index (χ3v) is 5.92. The number of rotatable bonds is 8. The minimum Gasteiger partial charge on any atom is -0.490 e. The van der Waals surface area contributed by atoms with Gasteiger partial charge in [-0.25, -0.2) is 4.98 Å². The van der Waals surface area contributed by atoms with Gasteiger partial charge in [-0.2, -0.15) is 9.78 Å². The van der Waals surface area contributed by atoms with Crippen molar-refractivity contribution in [2.75, 3.05) is 0 Å². The molecule has 1 atom stereocenters. The highest BCUT2D eigenvalue weighted by atomic mass is 79.9. The summed E-state index contributed by atoms with van der Waals surface area (Å²) in [6.07, 6.45) is 5.41. The van der Waals surface area contributed by atoms with Gasteiger partial charge in [0, 0.05) is 10.9 Å². The number of hydrogen-bond acceptors (Lipinski definition) is 4. The number of halogens is 2. The van der Waals surface area contributed by atoms with Crippen LogP contribution in [-0.2, 0) is 6.42 Å². The molecule has 3 rings (SSSR count). The van der Waals surface area contributed by atoms with E-state index in [1.165, 1.54) is 4.68 Å². The van der Waals surface area contributed by atoms with Crippen LogP contribution in [0.3, 0.4) is 0 Å². The van der Waals surface area contributed by atoms with Crippen molar-refractivity contribution < 1.29 is 4.74 Å². The topological polar surface area (TPSA) is 56.5 Å². The van der Waals surface area contributed by atoms with Gasteiger partial charge in [0.1, 0.15) is 11.6 Å². The minimum atomic E-state index is -0.167. The van der Waals surface area contributed by atoms with Gasteiger partial charge in [-0.3, -0.25) is 4.79 Å². The second-order valence-corrected chi connectivity index (χ2v) is 8.95. The van der Waals surface area contributed by atoms with Crippen molar-refractivity contribution in [3.8, 4) is 5.75 Å². The van der Waals surface area contributed by atoms with E-state index in [0.29, 0.717) is 23.1 Å². The van der Waals surface area contributed by atoms with E-state index in [-0.39, 0.29) is 11.7 Å². The Bertz CT molecular complexity index is 1130. The van der Waals surface area contributed by atoms with Gasteiger partial charge in [-0.1, -0.05) is 36.2 Å². The summed E-state index contributed by atoms with van der Waals surface area (Å²) in [4.78, 5) is 17.8. The van der Waals surface area contributed by atoms with Gasteiger partial charge in [0.2, 0.25) is 0 Å². The summed E-state index contributed by atoms with van der Waals surface area (Å²) >= 11 is 6.99. The Morgan fingerprint density at radius 2 is 2.00 bits per heavy atom. The molecule has 0 saturated heterocycles. The van der Waals surface area contributed by atoms with Crippen LogP contribution in [0.25, 0.3) is 10.9 Å². The minimum absolute atomic E-state index is 0.142. The number of nitrogens with zero attached hydrogens (tertiary/aromatic N) is 3. The standard InChI is InChI=1S/C23H25Br2N3O2/c1-4-6-7-22-27-20-10-9-17(24)13-18(20)23(29)28(22)26-14-16-8-11-21(19(25)12-16)30-15(3)5-2/h8-15H,4-7H2,1-3H3/t15-/m1/s1. The second-order valence-electron chi connectivity index (χ2n) is 7.18. The molecular formula is C23H25Br2N3O2. The van der Waals surface area contributed by atoms with E-state index in [1.54, 1.807) is 12.3 Å². The van der Waals surface area contributed by atoms with Crippen LogP contribution in [-0.4, -0.2) is 22.0 Å². The molecule has 2 aromatic carbocycles. The van der Waals surface area contributed by atoms with Crippen LogP contribution >= 0.6 is 31.9 Å². The van der Waals surface area contributed by atoms with Crippen LogP contribution in [0.5, 0.6) is 5.75 Å². The average Bonchev–Trinajstić information content (AvgIpc) is 2.73. The number of unbranched alkanes of at least 4 members (excludes halogenated alkanes) is 1. The van der Waals surface area contributed by atoms with Crippen LogP contribution in [0, 0.1) is 0 Å². The summed E-state index contributed by atoms with van der Waals surface area (Å²) in [6.45, 7) is 6.24. The lowest BCUT2D eigenvalue weighted by atomic mass is 10.2. The first-order valence-corrected chi connectivity index (χ1v) is 11.7. The fourth-order valence-electron chi connectivity index (χ4n) is 2.93. The predicted octanol–water partition coefficient (Wildman–Crippen LogP) is 6.32. The molecule has 0 N–H and O–H groups in total. The van der Waals surface area contributed by atoms with Crippen LogP contribution in [0.1, 0.15) is 51.4 Å². The molecule has 0 unspecified atom stereocenters. The Balaban J connectivity index is 1.99. The van der Waals surface area contributed by atoms with Gasteiger partial charge >= 0.3 is 0 Å². The SMILES string of the molecule is CCCCc1nc2ccc(Br)cc2c(=O)n1N=Cc1ccc(O[C@H](C)CC)c(Br)c1. The van der Waals surface area contributed by atoms with Crippen LogP contribution in [0.4, 0.5) is 0 Å². The molecule has 1 aromatic heterocycles. The first-order valence-electron chi connectivity index (χ1n) is 10.1. The van der Waals surface area contributed by atoms with Crippen molar-refractivity contribution in [3.05, 3.63) is 67.1 Å². The highest BCUT2D eigenvalue weighted by Crippen LogP contribution is 2.27. The van der Waals surface area contributed by atoms with Crippen molar-refractivity contribution >= 4 is 49.0 Å². The Morgan fingerprint density at radius 1 is 1.20 bits per heavy atom. The summed E-state index contributed by atoms with van der Waals surface area (Å²) in [5.74, 6) is 1.46. The predicted molar refractivity (Wildman–Crippen MR) is 130 cm³/mol. The van der Waals surface area contributed by atoms with Gasteiger partial charge in [-0.05, 0) is 77.7 Å². The Kier molecular flexibility index (Phi) is 7.83. The zero-order valence-corrected chi connectivity index (χ0v) is 20.5. The molecule has 0 radical (unpaired) electrons. The Morgan fingerprint density at radius 3 is 2.70 bits per heavy atom. The maximum atomic E-state index is 13.1. The van der Waals surface area contributed by atoms with Crippen LogP contribution < -0.4 is 10.3 Å². The number of aryl methyl sites for hydroxylation is 1. The zero-order chi connectivity index (χ0) is 21.7. The van der Waals surface area contributed by atoms with Gasteiger partial charge in [-0.15, -0.1) is 0 Å². The fourth-order valence-corrected chi connectivity index (χ4v) is 3.78. The summed E-state index contributed by atoms with van der Waals surface area (Å²) in [6, 6.07) is 11.3. The number of fused-ring (bicyclic) bond motifs is 1. The molecule has 0 spiro atoms. The largest absolute Gasteiger partial charge is 0.490 e. The lowest BCUT2D eigenvalue weighted by Gasteiger charge is -2.14. The highest BCUT2D eigenvalue weighted by Gasteiger charge is 2.11. The highest BCUT2D eigenvalue weighted by molar-refractivity contribution is 9.10. The molecule has 0 fully saturated rings. The molecule has 7 heteroatoms. The van der Waals surface area contributed by atoms with Gasteiger partial charge in [0.25, 0.3) is 5.56 Å². The molecule has 0 amide bonds. The first kappa shape index (κ1) is 22.7. The van der Waals surface area contributed by atoms with Crippen LogP contribution in [0.2, 0.25) is 0 Å². The number of aromatic nitrogens is 2. The lowest BCUT2D eigenvalue weighted by molar-refractivity contribution is 0.216. The van der Waals surface area contributed by atoms with Gasteiger partial charge in [0.15, 0.2) is 0 Å². The molecule has 1 heterocycles. The molecule has 5 nitrogen and oxygen atoms in total. The van der Waals surface area contributed by atoms with E-state index in [4.69, 9.17) is 9.72 Å². The second kappa shape index (κ2) is 10.4. The average molecular weight is 535 g/mol. The molecule has 0 aliphatic rings. The molecule has 30 heavy (non-hydrogen) atoms. The van der Waals surface area contributed by atoms with E-state index >= 15 is 0 Å². The molecule has 0 aliphatic carbocycles. The van der Waals surface area contributed by atoms with Gasteiger partial charge < -0.3 is 4.74 Å². The molecule has 0 bridgehead atoms. The molecule has 3 aromatic rings. The normalized spacial score (nSPS) is 12.6. The lowest BCUT2D eigenvalue weighted by Crippen LogP contribution is -2.22. The number of benzene rings is 2. The van der Waals surface area contributed by atoms with E-state index in [2.05, 4.69) is 50.8 Å². The summed E-state index contributed by atoms with van der Waals surface area (Å²) in [7, 11) is 0. The molecule has 0 saturated carbocycles. The summed E-state index contributed by atoms with van der Waals surface area (Å²) in [5.41, 5.74) is 1.38. The number of hydrogen-bond donors (Lipinski definition) is 0. The summed E-state index contributed by atoms with van der Waals surface area (Å²) in [5, 5.41) is 5.04. The Labute approximate surface area is 193 Å². The van der Waals surface area contributed by atoms with E-state index in [9.17, 15) is 4.79 Å². The monoisotopic (exact) mass is 533 g/mol. The van der Waals surface area contributed by atoms with Crippen molar-refractivity contribution in [3.63, 3.8) is 0 Å². The van der Waals surface area contributed by atoms with E-state index in [0.717, 1.165) is 39.5 Å². The van der Waals surface area contributed by atoms with Gasteiger partial charge in [0.05, 0.1) is 27.7 Å². The van der Waals surface area contributed by atoms with E-state index in [1.807, 2.05) is 37.3 Å². The summed E-state index contributed by atoms with van der Waals surface area (Å²) < 4.78 is 9.00. The maximum Gasteiger partial charge on any atom is 0.282 e. The van der Waals surface area contributed by atoms with Crippen molar-refractivity contribution in [2.45, 2.75) is 52.6 Å². The fraction of sp³-hybridized carbons (Fsp3) is 0.348. The quantitative estimate of drug-likeness (QED) is 0.317. The van der Waals surface area contributed by atoms with E-state index < -0.39 is 0 Å². The molecule has 158 valence electrons. The number of ether oxygens (including phenoxy) is 1. The third kappa shape index (κ3) is 5.38. The molecule has 0 aliphatic heterocycles. The van der Waals surface area contributed by atoms with Crippen LogP contribution in [0.15, 0.2) is 55.2 Å². The third-order valence-electron chi connectivity index (χ3n) is 4.81.